The average Bonchev–Trinajstić information content (AvgIpc) is 3.01. The summed E-state index contributed by atoms with van der Waals surface area (Å²) in [6.07, 6.45) is 2.27. The van der Waals surface area contributed by atoms with Crippen LogP contribution in [0.5, 0.6) is 0 Å². The summed E-state index contributed by atoms with van der Waals surface area (Å²) in [5.41, 5.74) is 0.817. The van der Waals surface area contributed by atoms with E-state index in [9.17, 15) is 4.79 Å². The molecule has 0 N–H and O–H groups in total. The number of ether oxygens (including phenoxy) is 1. The van der Waals surface area contributed by atoms with Crippen LogP contribution in [0.25, 0.3) is 0 Å². The Bertz CT molecular complexity index is 376. The van der Waals surface area contributed by atoms with Gasteiger partial charge in [0.15, 0.2) is 0 Å². The van der Waals surface area contributed by atoms with E-state index in [-0.39, 0.29) is 5.91 Å². The fourth-order valence-electron chi connectivity index (χ4n) is 1.61. The molecule has 3 nitrogen and oxygen atoms in total. The van der Waals surface area contributed by atoms with Crippen molar-refractivity contribution in [1.82, 2.24) is 4.90 Å². The highest BCUT2D eigenvalue weighted by molar-refractivity contribution is 14.1. The molecule has 1 aliphatic carbocycles. The molecule has 1 saturated carbocycles. The lowest BCUT2D eigenvalue weighted by molar-refractivity contribution is 0.0680. The molecule has 16 heavy (non-hydrogen) atoms. The van der Waals surface area contributed by atoms with Crippen LogP contribution in [0.3, 0.4) is 0 Å². The second-order valence-corrected chi connectivity index (χ2v) is 6.67. The average molecular weight is 351 g/mol. The first-order valence-electron chi connectivity index (χ1n) is 5.26. The van der Waals surface area contributed by atoms with Gasteiger partial charge < -0.3 is 9.64 Å². The van der Waals surface area contributed by atoms with Gasteiger partial charge in [-0.25, -0.2) is 0 Å². The SMILES string of the molecule is COCCN(C(=O)c1csc(I)c1)C1CC1. The van der Waals surface area contributed by atoms with Crippen LogP contribution in [0.15, 0.2) is 11.4 Å². The summed E-state index contributed by atoms with van der Waals surface area (Å²) in [5, 5.41) is 1.94. The number of rotatable bonds is 5. The topological polar surface area (TPSA) is 29.5 Å². The van der Waals surface area contributed by atoms with Crippen molar-refractivity contribution >= 4 is 39.8 Å². The highest BCUT2D eigenvalue weighted by atomic mass is 127. The molecule has 0 aliphatic heterocycles. The highest BCUT2D eigenvalue weighted by Crippen LogP contribution is 2.29. The van der Waals surface area contributed by atoms with Gasteiger partial charge in [0, 0.05) is 25.1 Å². The minimum absolute atomic E-state index is 0.152. The van der Waals surface area contributed by atoms with E-state index in [4.69, 9.17) is 4.74 Å². The lowest BCUT2D eigenvalue weighted by Gasteiger charge is -2.21. The van der Waals surface area contributed by atoms with Crippen LogP contribution in [-0.4, -0.2) is 37.1 Å². The minimum atomic E-state index is 0.152. The lowest BCUT2D eigenvalue weighted by Crippen LogP contribution is -2.35. The van der Waals surface area contributed by atoms with E-state index in [1.165, 1.54) is 0 Å². The van der Waals surface area contributed by atoms with Crippen molar-refractivity contribution in [2.24, 2.45) is 0 Å². The minimum Gasteiger partial charge on any atom is -0.383 e. The maximum atomic E-state index is 12.2. The van der Waals surface area contributed by atoms with Crippen molar-refractivity contribution in [2.75, 3.05) is 20.3 Å². The molecule has 0 spiro atoms. The number of carbonyl (C=O) groups excluding carboxylic acids is 1. The van der Waals surface area contributed by atoms with Crippen LogP contribution < -0.4 is 0 Å². The number of thiophene rings is 1. The Kier molecular flexibility index (Phi) is 4.21. The van der Waals surface area contributed by atoms with Crippen LogP contribution in [-0.2, 0) is 4.74 Å². The normalized spacial score (nSPS) is 15.1. The number of methoxy groups -OCH3 is 1. The fourth-order valence-corrected chi connectivity index (χ4v) is 2.93. The first-order chi connectivity index (χ1) is 7.72. The van der Waals surface area contributed by atoms with Crippen LogP contribution in [0, 0.1) is 2.88 Å². The Hall–Kier alpha value is -0.140. The smallest absolute Gasteiger partial charge is 0.255 e. The number of carbonyl (C=O) groups is 1. The number of amides is 1. The lowest BCUT2D eigenvalue weighted by atomic mass is 10.3. The highest BCUT2D eigenvalue weighted by Gasteiger charge is 2.32. The first-order valence-corrected chi connectivity index (χ1v) is 7.22. The van der Waals surface area contributed by atoms with Gasteiger partial charge in [0.1, 0.15) is 0 Å². The van der Waals surface area contributed by atoms with Gasteiger partial charge >= 0.3 is 0 Å². The van der Waals surface area contributed by atoms with E-state index in [1.807, 2.05) is 16.3 Å². The van der Waals surface area contributed by atoms with Crippen LogP contribution in [0.2, 0.25) is 0 Å². The molecular formula is C11H14INO2S. The number of hydrogen-bond donors (Lipinski definition) is 0. The molecule has 0 atom stereocenters. The van der Waals surface area contributed by atoms with Gasteiger partial charge in [-0.3, -0.25) is 4.79 Å². The van der Waals surface area contributed by atoms with Gasteiger partial charge in [0.05, 0.1) is 15.1 Å². The Morgan fingerprint density at radius 3 is 2.94 bits per heavy atom. The monoisotopic (exact) mass is 351 g/mol. The summed E-state index contributed by atoms with van der Waals surface area (Å²) in [4.78, 5) is 14.2. The van der Waals surface area contributed by atoms with Gasteiger partial charge in [-0.15, -0.1) is 11.3 Å². The van der Waals surface area contributed by atoms with E-state index in [2.05, 4.69) is 22.6 Å². The summed E-state index contributed by atoms with van der Waals surface area (Å²) in [6.45, 7) is 1.32. The molecule has 88 valence electrons. The molecule has 1 fully saturated rings. The Morgan fingerprint density at radius 2 is 2.44 bits per heavy atom. The van der Waals surface area contributed by atoms with Gasteiger partial charge in [0.25, 0.3) is 5.91 Å². The second-order valence-electron chi connectivity index (χ2n) is 3.86. The first kappa shape index (κ1) is 12.3. The van der Waals surface area contributed by atoms with E-state index < -0.39 is 0 Å². The van der Waals surface area contributed by atoms with Gasteiger partial charge in [-0.2, -0.15) is 0 Å². The maximum absolute atomic E-state index is 12.2. The molecular weight excluding hydrogens is 337 g/mol. The maximum Gasteiger partial charge on any atom is 0.255 e. The molecule has 1 amide bonds. The van der Waals surface area contributed by atoms with Crippen molar-refractivity contribution < 1.29 is 9.53 Å². The van der Waals surface area contributed by atoms with E-state index in [1.54, 1.807) is 18.4 Å². The molecule has 1 heterocycles. The zero-order valence-electron chi connectivity index (χ0n) is 9.11. The third-order valence-electron chi connectivity index (χ3n) is 2.60. The summed E-state index contributed by atoms with van der Waals surface area (Å²) in [7, 11) is 1.67. The summed E-state index contributed by atoms with van der Waals surface area (Å²) in [5.74, 6) is 0.152. The number of hydrogen-bond acceptors (Lipinski definition) is 3. The quantitative estimate of drug-likeness (QED) is 0.764. The molecule has 0 unspecified atom stereocenters. The third kappa shape index (κ3) is 2.95. The molecule has 0 bridgehead atoms. The Labute approximate surface area is 113 Å². The fraction of sp³-hybridized carbons (Fsp3) is 0.545. The molecule has 2 rings (SSSR count). The molecule has 0 saturated heterocycles. The van der Waals surface area contributed by atoms with E-state index in [0.29, 0.717) is 19.2 Å². The van der Waals surface area contributed by atoms with Crippen molar-refractivity contribution in [1.29, 1.82) is 0 Å². The standard InChI is InChI=1S/C11H14INO2S/c1-15-5-4-13(9-2-3-9)11(14)8-6-10(12)16-7-8/h6-7,9H,2-5H2,1H3. The van der Waals surface area contributed by atoms with Gasteiger partial charge in [-0.1, -0.05) is 0 Å². The van der Waals surface area contributed by atoms with Crippen LogP contribution in [0.1, 0.15) is 23.2 Å². The molecule has 0 aromatic carbocycles. The van der Waals surface area contributed by atoms with Crippen molar-refractivity contribution in [3.8, 4) is 0 Å². The number of nitrogens with zero attached hydrogens (tertiary/aromatic N) is 1. The second kappa shape index (κ2) is 5.46. The van der Waals surface area contributed by atoms with Crippen LogP contribution >= 0.6 is 33.9 Å². The zero-order valence-corrected chi connectivity index (χ0v) is 12.1. The molecule has 1 aromatic heterocycles. The number of halogens is 1. The largest absolute Gasteiger partial charge is 0.383 e. The Morgan fingerprint density at radius 1 is 1.69 bits per heavy atom. The Balaban J connectivity index is 2.04. The van der Waals surface area contributed by atoms with Crippen molar-refractivity contribution in [2.45, 2.75) is 18.9 Å². The third-order valence-corrected chi connectivity index (χ3v) is 4.39. The summed E-state index contributed by atoms with van der Waals surface area (Å²) in [6, 6.07) is 2.40. The molecule has 1 aliphatic rings. The molecule has 5 heteroatoms. The van der Waals surface area contributed by atoms with Gasteiger partial charge in [-0.05, 0) is 41.5 Å². The van der Waals surface area contributed by atoms with E-state index in [0.717, 1.165) is 21.3 Å². The van der Waals surface area contributed by atoms with Crippen molar-refractivity contribution in [3.05, 3.63) is 19.9 Å². The molecule has 1 aromatic rings. The van der Waals surface area contributed by atoms with E-state index >= 15 is 0 Å². The van der Waals surface area contributed by atoms with Gasteiger partial charge in [0.2, 0.25) is 0 Å². The summed E-state index contributed by atoms with van der Waals surface area (Å²) < 4.78 is 6.20. The van der Waals surface area contributed by atoms with Crippen LogP contribution in [0.4, 0.5) is 0 Å². The zero-order chi connectivity index (χ0) is 11.5. The molecule has 0 radical (unpaired) electrons. The predicted molar refractivity (Wildman–Crippen MR) is 73.0 cm³/mol. The van der Waals surface area contributed by atoms with Crippen molar-refractivity contribution in [3.63, 3.8) is 0 Å². The summed E-state index contributed by atoms with van der Waals surface area (Å²) >= 11 is 3.86. The predicted octanol–water partition coefficient (Wildman–Crippen LogP) is 2.60.